The highest BCUT2D eigenvalue weighted by atomic mass is 16.4. The predicted octanol–water partition coefficient (Wildman–Crippen LogP) is -1.48. The maximum atomic E-state index is 12.4. The van der Waals surface area contributed by atoms with Gasteiger partial charge in [-0.15, -0.1) is 0 Å². The highest BCUT2D eigenvalue weighted by Crippen LogP contribution is 2.38. The quantitative estimate of drug-likeness (QED) is 0.393. The maximum Gasteiger partial charge on any atom is 0.196 e. The van der Waals surface area contributed by atoms with Gasteiger partial charge in [0.05, 0.1) is 5.56 Å². The number of aliphatic hydroxyl groups excluding tert-OH is 4. The van der Waals surface area contributed by atoms with Crippen molar-refractivity contribution in [3.63, 3.8) is 0 Å². The number of carbonyl (C=O) groups excluding carboxylic acids is 2. The van der Waals surface area contributed by atoms with E-state index in [0.717, 1.165) is 0 Å². The van der Waals surface area contributed by atoms with Crippen molar-refractivity contribution in [3.05, 3.63) is 40.5 Å². The van der Waals surface area contributed by atoms with Gasteiger partial charge >= 0.3 is 0 Å². The monoisotopic (exact) mass is 292 g/mol. The van der Waals surface area contributed by atoms with Gasteiger partial charge in [0.1, 0.15) is 30.2 Å². The maximum absolute atomic E-state index is 12.4. The minimum Gasteiger partial charge on any atom is -0.507 e. The topological polar surface area (TPSA) is 135 Å². The second kappa shape index (κ2) is 4.47. The van der Waals surface area contributed by atoms with E-state index < -0.39 is 52.9 Å². The van der Waals surface area contributed by atoms with Crippen LogP contribution in [0.3, 0.4) is 0 Å². The SMILES string of the molecule is O=C1C2=C(C(=O)c3c(O)cccc31)C(O)C(O)C(O)C2O. The molecule has 0 saturated carbocycles. The number of phenolic OH excluding ortho intramolecular Hbond substituents is 1. The van der Waals surface area contributed by atoms with Gasteiger partial charge in [0.25, 0.3) is 0 Å². The Morgan fingerprint density at radius 1 is 0.810 bits per heavy atom. The molecule has 7 nitrogen and oxygen atoms in total. The van der Waals surface area contributed by atoms with E-state index in [4.69, 9.17) is 0 Å². The van der Waals surface area contributed by atoms with Gasteiger partial charge in [-0.25, -0.2) is 0 Å². The fraction of sp³-hybridized carbons (Fsp3) is 0.286. The van der Waals surface area contributed by atoms with Crippen molar-refractivity contribution in [1.82, 2.24) is 0 Å². The average Bonchev–Trinajstić information content (AvgIpc) is 2.46. The number of rotatable bonds is 0. The molecule has 110 valence electrons. The van der Waals surface area contributed by atoms with Crippen molar-refractivity contribution in [1.29, 1.82) is 0 Å². The summed E-state index contributed by atoms with van der Waals surface area (Å²) in [7, 11) is 0. The molecule has 0 fully saturated rings. The molecule has 0 heterocycles. The van der Waals surface area contributed by atoms with Gasteiger partial charge in [0.2, 0.25) is 0 Å². The molecule has 4 unspecified atom stereocenters. The molecule has 5 N–H and O–H groups in total. The molecule has 1 aromatic carbocycles. The van der Waals surface area contributed by atoms with Crippen LogP contribution in [-0.2, 0) is 0 Å². The minimum atomic E-state index is -1.82. The standard InChI is InChI=1S/C14H12O7/c15-5-3-1-2-4-6(5)10(17)8-7(9(4)16)11(18)13(20)14(21)12(8)19/h1-3,11-15,18-21H. The van der Waals surface area contributed by atoms with Gasteiger partial charge in [-0.3, -0.25) is 9.59 Å². The van der Waals surface area contributed by atoms with E-state index in [0.29, 0.717) is 0 Å². The Morgan fingerprint density at radius 2 is 1.33 bits per heavy atom. The van der Waals surface area contributed by atoms with Crippen molar-refractivity contribution >= 4 is 11.6 Å². The van der Waals surface area contributed by atoms with Gasteiger partial charge in [-0.05, 0) is 6.07 Å². The van der Waals surface area contributed by atoms with Crippen LogP contribution >= 0.6 is 0 Å². The highest BCUT2D eigenvalue weighted by Gasteiger charge is 2.49. The van der Waals surface area contributed by atoms with Gasteiger partial charge in [0, 0.05) is 16.7 Å². The molecule has 0 amide bonds. The van der Waals surface area contributed by atoms with Crippen LogP contribution in [-0.4, -0.2) is 61.5 Å². The number of hydrogen-bond donors (Lipinski definition) is 5. The lowest BCUT2D eigenvalue weighted by Gasteiger charge is -2.37. The molecule has 4 atom stereocenters. The van der Waals surface area contributed by atoms with Crippen molar-refractivity contribution in [2.24, 2.45) is 0 Å². The first-order valence-corrected chi connectivity index (χ1v) is 6.24. The first-order chi connectivity index (χ1) is 9.86. The zero-order valence-electron chi connectivity index (χ0n) is 10.6. The third-order valence-electron chi connectivity index (χ3n) is 3.88. The van der Waals surface area contributed by atoms with Crippen molar-refractivity contribution < 1.29 is 35.1 Å². The molecule has 0 bridgehead atoms. The number of carbonyl (C=O) groups is 2. The van der Waals surface area contributed by atoms with Gasteiger partial charge in [-0.2, -0.15) is 0 Å². The molecular weight excluding hydrogens is 280 g/mol. The van der Waals surface area contributed by atoms with Crippen LogP contribution in [0.15, 0.2) is 29.3 Å². The zero-order valence-corrected chi connectivity index (χ0v) is 10.6. The summed E-state index contributed by atoms with van der Waals surface area (Å²) in [6, 6.07) is 3.88. The van der Waals surface area contributed by atoms with E-state index >= 15 is 0 Å². The predicted molar refractivity (Wildman–Crippen MR) is 67.8 cm³/mol. The molecule has 0 aromatic heterocycles. The summed E-state index contributed by atoms with van der Waals surface area (Å²) in [5, 5.41) is 48.9. The Labute approximate surface area is 118 Å². The third kappa shape index (κ3) is 1.69. The summed E-state index contributed by atoms with van der Waals surface area (Å²) in [5.41, 5.74) is -1.33. The van der Waals surface area contributed by atoms with E-state index in [1.54, 1.807) is 0 Å². The van der Waals surface area contributed by atoms with Crippen LogP contribution in [0.2, 0.25) is 0 Å². The number of Topliss-reactive ketones (excluding diaryl/α,β-unsaturated/α-hetero) is 2. The molecule has 0 radical (unpaired) electrons. The number of hydrogen-bond acceptors (Lipinski definition) is 7. The van der Waals surface area contributed by atoms with Gasteiger partial charge in [0.15, 0.2) is 11.6 Å². The number of phenols is 1. The summed E-state index contributed by atoms with van der Waals surface area (Å²) in [4.78, 5) is 24.8. The molecule has 1 aromatic rings. The normalized spacial score (nSPS) is 32.0. The second-order valence-corrected chi connectivity index (χ2v) is 5.06. The second-order valence-electron chi connectivity index (χ2n) is 5.06. The van der Waals surface area contributed by atoms with Gasteiger partial charge in [-0.1, -0.05) is 12.1 Å². The number of ketones is 2. The van der Waals surface area contributed by atoms with Crippen LogP contribution in [0.4, 0.5) is 0 Å². The zero-order chi connectivity index (χ0) is 15.5. The van der Waals surface area contributed by atoms with E-state index in [9.17, 15) is 35.1 Å². The number of aliphatic hydroxyl groups is 4. The lowest BCUT2D eigenvalue weighted by Crippen LogP contribution is -2.54. The Balaban J connectivity index is 2.28. The van der Waals surface area contributed by atoms with Crippen LogP contribution in [0.1, 0.15) is 20.7 Å². The largest absolute Gasteiger partial charge is 0.507 e. The Hall–Kier alpha value is -2.06. The molecule has 21 heavy (non-hydrogen) atoms. The number of aromatic hydroxyl groups is 1. The molecule has 2 aliphatic rings. The van der Waals surface area contributed by atoms with Crippen LogP contribution in [0.25, 0.3) is 0 Å². The number of benzene rings is 1. The van der Waals surface area contributed by atoms with E-state index in [1.165, 1.54) is 18.2 Å². The molecular formula is C14H12O7. The van der Waals surface area contributed by atoms with E-state index in [-0.39, 0.29) is 11.1 Å². The molecule has 2 aliphatic carbocycles. The lowest BCUT2D eigenvalue weighted by molar-refractivity contribution is -0.0950. The van der Waals surface area contributed by atoms with E-state index in [2.05, 4.69) is 0 Å². The first kappa shape index (κ1) is 13.9. The summed E-state index contributed by atoms with van der Waals surface area (Å²) in [6.07, 6.45) is -7.19. The van der Waals surface area contributed by atoms with E-state index in [1.807, 2.05) is 0 Å². The number of fused-ring (bicyclic) bond motifs is 1. The smallest absolute Gasteiger partial charge is 0.196 e. The van der Waals surface area contributed by atoms with Crippen molar-refractivity contribution in [3.8, 4) is 5.75 Å². The Bertz CT molecular complexity index is 691. The summed E-state index contributed by atoms with van der Waals surface area (Å²) >= 11 is 0. The highest BCUT2D eigenvalue weighted by molar-refractivity contribution is 6.28. The minimum absolute atomic E-state index is 0.117. The Morgan fingerprint density at radius 3 is 1.90 bits per heavy atom. The fourth-order valence-corrected chi connectivity index (χ4v) is 2.79. The molecule has 0 spiro atoms. The molecule has 0 saturated heterocycles. The molecule has 3 rings (SSSR count). The van der Waals surface area contributed by atoms with Crippen LogP contribution in [0.5, 0.6) is 5.75 Å². The third-order valence-corrected chi connectivity index (χ3v) is 3.88. The Kier molecular flexibility index (Phi) is 2.96. The summed E-state index contributed by atoms with van der Waals surface area (Å²) in [5.74, 6) is -2.05. The fourth-order valence-electron chi connectivity index (χ4n) is 2.79. The lowest BCUT2D eigenvalue weighted by atomic mass is 9.73. The van der Waals surface area contributed by atoms with Crippen LogP contribution in [0, 0.1) is 0 Å². The molecule has 7 heteroatoms. The van der Waals surface area contributed by atoms with Gasteiger partial charge < -0.3 is 25.5 Å². The summed E-state index contributed by atoms with van der Waals surface area (Å²) in [6.45, 7) is 0. The van der Waals surface area contributed by atoms with Crippen molar-refractivity contribution in [2.75, 3.05) is 0 Å². The van der Waals surface area contributed by atoms with Crippen molar-refractivity contribution in [2.45, 2.75) is 24.4 Å². The summed E-state index contributed by atoms with van der Waals surface area (Å²) < 4.78 is 0. The first-order valence-electron chi connectivity index (χ1n) is 6.24. The molecule has 0 aliphatic heterocycles. The average molecular weight is 292 g/mol. The van der Waals surface area contributed by atoms with Crippen LogP contribution < -0.4 is 0 Å².